The topological polar surface area (TPSA) is 103 Å². The number of nitriles is 1. The van der Waals surface area contributed by atoms with Crippen molar-refractivity contribution in [3.8, 4) is 6.07 Å². The van der Waals surface area contributed by atoms with Gasteiger partial charge in [0.1, 0.15) is 5.92 Å². The van der Waals surface area contributed by atoms with Crippen LogP contribution in [0.5, 0.6) is 0 Å². The molecule has 0 aromatic carbocycles. The molecule has 2 aromatic rings. The number of nitrogens with zero attached hydrogens (tertiary/aromatic N) is 6. The number of aryl methyl sites for hydroxylation is 1. The lowest BCUT2D eigenvalue weighted by molar-refractivity contribution is 0.881. The summed E-state index contributed by atoms with van der Waals surface area (Å²) in [6.07, 6.45) is 3.11. The molecule has 84 valence electrons. The first kappa shape index (κ1) is 10.9. The van der Waals surface area contributed by atoms with Crippen molar-refractivity contribution in [1.82, 2.24) is 25.6 Å². The van der Waals surface area contributed by atoms with Crippen molar-refractivity contribution in [1.29, 1.82) is 5.26 Å². The van der Waals surface area contributed by atoms with Crippen LogP contribution in [0, 0.1) is 18.3 Å². The first-order valence-corrected chi connectivity index (χ1v) is 4.90. The lowest BCUT2D eigenvalue weighted by atomic mass is 10.2. The van der Waals surface area contributed by atoms with Gasteiger partial charge in [-0.25, -0.2) is 9.98 Å². The second-order valence-corrected chi connectivity index (χ2v) is 3.30. The summed E-state index contributed by atoms with van der Waals surface area (Å²) in [6, 6.07) is 5.76. The van der Waals surface area contributed by atoms with Gasteiger partial charge >= 0.3 is 0 Å². The number of rotatable bonds is 3. The van der Waals surface area contributed by atoms with E-state index < -0.39 is 5.92 Å². The highest BCUT2D eigenvalue weighted by Crippen LogP contribution is 2.14. The van der Waals surface area contributed by atoms with Gasteiger partial charge in [0.05, 0.1) is 6.07 Å². The van der Waals surface area contributed by atoms with Gasteiger partial charge in [0.15, 0.2) is 11.6 Å². The summed E-state index contributed by atoms with van der Waals surface area (Å²) in [5.74, 6) is 0.247. The van der Waals surface area contributed by atoms with E-state index in [0.717, 1.165) is 5.56 Å². The Hall–Kier alpha value is -2.62. The van der Waals surface area contributed by atoms with Crippen LogP contribution in [0.15, 0.2) is 23.3 Å². The maximum atomic E-state index is 8.96. The van der Waals surface area contributed by atoms with Crippen molar-refractivity contribution in [2.45, 2.75) is 12.8 Å². The van der Waals surface area contributed by atoms with E-state index in [2.05, 4.69) is 30.6 Å². The molecule has 0 aliphatic carbocycles. The number of hydrogen-bond donors (Lipinski definition) is 1. The predicted molar refractivity (Wildman–Crippen MR) is 59.7 cm³/mol. The second-order valence-electron chi connectivity index (χ2n) is 3.30. The number of aromatic amines is 1. The zero-order valence-corrected chi connectivity index (χ0v) is 9.07. The molecular formula is C10H9N7. The molecule has 1 N–H and O–H groups in total. The SMILES string of the molecule is Cc1cccnc1N=CC(C#N)c1nn[nH]n1. The van der Waals surface area contributed by atoms with E-state index in [0.29, 0.717) is 11.6 Å². The van der Waals surface area contributed by atoms with Crippen molar-refractivity contribution >= 4 is 12.0 Å². The maximum Gasteiger partial charge on any atom is 0.197 e. The first-order chi connectivity index (χ1) is 8.31. The van der Waals surface area contributed by atoms with Crippen molar-refractivity contribution < 1.29 is 0 Å². The molecule has 2 rings (SSSR count). The Bertz CT molecular complexity index is 552. The molecule has 17 heavy (non-hydrogen) atoms. The predicted octanol–water partition coefficient (Wildman–Crippen LogP) is 0.913. The van der Waals surface area contributed by atoms with Crippen LogP contribution in [0.1, 0.15) is 17.3 Å². The number of nitrogens with one attached hydrogen (secondary N) is 1. The average molecular weight is 227 g/mol. The van der Waals surface area contributed by atoms with Gasteiger partial charge < -0.3 is 0 Å². The molecule has 0 fully saturated rings. The zero-order chi connectivity index (χ0) is 12.1. The third-order valence-corrected chi connectivity index (χ3v) is 2.11. The molecule has 0 saturated carbocycles. The summed E-state index contributed by atoms with van der Waals surface area (Å²) in [5.41, 5.74) is 0.938. The van der Waals surface area contributed by atoms with Crippen LogP contribution < -0.4 is 0 Å². The molecule has 0 amide bonds. The smallest absolute Gasteiger partial charge is 0.197 e. The van der Waals surface area contributed by atoms with E-state index in [1.807, 2.05) is 25.1 Å². The summed E-state index contributed by atoms with van der Waals surface area (Å²) in [5, 5.41) is 22.1. The lowest BCUT2D eigenvalue weighted by Crippen LogP contribution is -2.00. The minimum absolute atomic E-state index is 0.296. The van der Waals surface area contributed by atoms with Crippen molar-refractivity contribution in [3.63, 3.8) is 0 Å². The molecule has 0 spiro atoms. The lowest BCUT2D eigenvalue weighted by Gasteiger charge is -1.98. The Morgan fingerprint density at radius 1 is 1.59 bits per heavy atom. The number of aromatic nitrogens is 5. The van der Waals surface area contributed by atoms with Crippen LogP contribution >= 0.6 is 0 Å². The molecule has 0 saturated heterocycles. The fourth-order valence-corrected chi connectivity index (χ4v) is 1.22. The van der Waals surface area contributed by atoms with Gasteiger partial charge in [-0.2, -0.15) is 10.5 Å². The Kier molecular flexibility index (Phi) is 3.16. The van der Waals surface area contributed by atoms with E-state index >= 15 is 0 Å². The largest absolute Gasteiger partial charge is 0.239 e. The van der Waals surface area contributed by atoms with Crippen molar-refractivity contribution in [2.75, 3.05) is 0 Å². The normalized spacial score (nSPS) is 12.5. The van der Waals surface area contributed by atoms with E-state index in [4.69, 9.17) is 5.26 Å². The Morgan fingerprint density at radius 3 is 3.12 bits per heavy atom. The van der Waals surface area contributed by atoms with E-state index in [9.17, 15) is 0 Å². The molecular weight excluding hydrogens is 218 g/mol. The molecule has 2 aromatic heterocycles. The Balaban J connectivity index is 2.21. The molecule has 1 unspecified atom stereocenters. The highest BCUT2D eigenvalue weighted by atomic mass is 15.5. The van der Waals surface area contributed by atoms with Gasteiger partial charge in [-0.05, 0) is 18.6 Å². The third kappa shape index (κ3) is 2.49. The van der Waals surface area contributed by atoms with Gasteiger partial charge in [-0.3, -0.25) is 0 Å². The molecule has 2 heterocycles. The molecule has 0 aliphatic heterocycles. The average Bonchev–Trinajstić information content (AvgIpc) is 2.86. The second kappa shape index (κ2) is 4.94. The van der Waals surface area contributed by atoms with E-state index in [1.54, 1.807) is 6.20 Å². The van der Waals surface area contributed by atoms with Crippen LogP contribution in [0.3, 0.4) is 0 Å². The zero-order valence-electron chi connectivity index (χ0n) is 9.07. The summed E-state index contributed by atoms with van der Waals surface area (Å²) in [4.78, 5) is 8.25. The fraction of sp³-hybridized carbons (Fsp3) is 0.200. The van der Waals surface area contributed by atoms with E-state index in [1.165, 1.54) is 6.21 Å². The van der Waals surface area contributed by atoms with Crippen LogP contribution in [0.4, 0.5) is 5.82 Å². The van der Waals surface area contributed by atoms with Gasteiger partial charge in [-0.15, -0.1) is 10.2 Å². The maximum absolute atomic E-state index is 8.96. The highest BCUT2D eigenvalue weighted by Gasteiger charge is 2.12. The minimum Gasteiger partial charge on any atom is -0.239 e. The molecule has 1 atom stereocenters. The van der Waals surface area contributed by atoms with Crippen LogP contribution in [0.2, 0.25) is 0 Å². The molecule has 7 nitrogen and oxygen atoms in total. The number of H-pyrrole nitrogens is 1. The summed E-state index contributed by atoms with van der Waals surface area (Å²) in [7, 11) is 0. The van der Waals surface area contributed by atoms with Gasteiger partial charge in [-0.1, -0.05) is 11.3 Å². The molecule has 7 heteroatoms. The monoisotopic (exact) mass is 227 g/mol. The Morgan fingerprint density at radius 2 is 2.47 bits per heavy atom. The summed E-state index contributed by atoms with van der Waals surface area (Å²) >= 11 is 0. The van der Waals surface area contributed by atoms with Gasteiger partial charge in [0.25, 0.3) is 0 Å². The number of aliphatic imine (C=N–C) groups is 1. The van der Waals surface area contributed by atoms with Crippen LogP contribution in [-0.2, 0) is 0 Å². The standard InChI is InChI=1S/C10H9N7/c1-7-3-2-4-12-9(7)13-6-8(5-11)10-14-16-17-15-10/h2-4,6,8H,1H3,(H,14,15,16,17). The molecule has 0 aliphatic rings. The van der Waals surface area contributed by atoms with E-state index in [-0.39, 0.29) is 0 Å². The molecule has 0 radical (unpaired) electrons. The third-order valence-electron chi connectivity index (χ3n) is 2.11. The van der Waals surface area contributed by atoms with Crippen LogP contribution in [-0.4, -0.2) is 31.8 Å². The van der Waals surface area contributed by atoms with Crippen molar-refractivity contribution in [3.05, 3.63) is 29.7 Å². The van der Waals surface area contributed by atoms with Crippen molar-refractivity contribution in [2.24, 2.45) is 4.99 Å². The Labute approximate surface area is 97.2 Å². The first-order valence-electron chi connectivity index (χ1n) is 4.90. The molecule has 0 bridgehead atoms. The van der Waals surface area contributed by atoms with Gasteiger partial charge in [0, 0.05) is 12.4 Å². The summed E-state index contributed by atoms with van der Waals surface area (Å²) < 4.78 is 0. The number of tetrazole rings is 1. The number of pyridine rings is 1. The minimum atomic E-state index is -0.629. The quantitative estimate of drug-likeness (QED) is 0.785. The highest BCUT2D eigenvalue weighted by molar-refractivity contribution is 5.72. The summed E-state index contributed by atoms with van der Waals surface area (Å²) in [6.45, 7) is 1.90. The van der Waals surface area contributed by atoms with Crippen LogP contribution in [0.25, 0.3) is 0 Å². The fourth-order valence-electron chi connectivity index (χ4n) is 1.22. The number of hydrogen-bond acceptors (Lipinski definition) is 6. The van der Waals surface area contributed by atoms with Gasteiger partial charge in [0.2, 0.25) is 0 Å².